The molecule has 1 aromatic rings. The number of pyridine rings is 1. The highest BCUT2D eigenvalue weighted by Gasteiger charge is 2.37. The van der Waals surface area contributed by atoms with Crippen LogP contribution in [-0.4, -0.2) is 28.0 Å². The Morgan fingerprint density at radius 3 is 2.72 bits per heavy atom. The second kappa shape index (κ2) is 5.03. The minimum absolute atomic E-state index is 0.0662. The molecule has 1 saturated carbocycles. The molecule has 6 heteroatoms. The number of nitrogens with one attached hydrogen (secondary N) is 1. The molecule has 1 aliphatic rings. The van der Waals surface area contributed by atoms with E-state index in [0.717, 1.165) is 12.8 Å². The molecular formula is C12H15N3O3. The molecule has 18 heavy (non-hydrogen) atoms. The number of carbonyl (C=O) groups excluding carboxylic acids is 1. The number of carboxylic acid groups (broad SMARTS) is 1. The number of aliphatic carboxylic acids is 1. The number of nitrogens with two attached hydrogens (primary N) is 1. The molecule has 0 bridgehead atoms. The van der Waals surface area contributed by atoms with Gasteiger partial charge in [-0.2, -0.15) is 0 Å². The number of hydrogen-bond donors (Lipinski definition) is 3. The van der Waals surface area contributed by atoms with Crippen molar-refractivity contribution in [3.05, 3.63) is 24.0 Å². The summed E-state index contributed by atoms with van der Waals surface area (Å²) in [6, 6.07) is 2.54. The molecule has 96 valence electrons. The predicted molar refractivity (Wildman–Crippen MR) is 64.6 cm³/mol. The van der Waals surface area contributed by atoms with Crippen molar-refractivity contribution in [2.75, 3.05) is 5.73 Å². The molecule has 0 radical (unpaired) electrons. The lowest BCUT2D eigenvalue weighted by Crippen LogP contribution is -2.43. The molecule has 1 amide bonds. The van der Waals surface area contributed by atoms with E-state index in [9.17, 15) is 9.59 Å². The Morgan fingerprint density at radius 2 is 2.22 bits per heavy atom. The molecule has 4 N–H and O–H groups in total. The zero-order valence-corrected chi connectivity index (χ0v) is 9.80. The van der Waals surface area contributed by atoms with Crippen LogP contribution in [0.25, 0.3) is 0 Å². The van der Waals surface area contributed by atoms with Gasteiger partial charge in [0.25, 0.3) is 0 Å². The van der Waals surface area contributed by atoms with Crippen LogP contribution in [0, 0.1) is 5.92 Å². The van der Waals surface area contributed by atoms with Gasteiger partial charge in [-0.25, -0.2) is 4.79 Å². The fourth-order valence-electron chi connectivity index (χ4n) is 1.74. The van der Waals surface area contributed by atoms with Crippen molar-refractivity contribution < 1.29 is 14.7 Å². The number of hydrogen-bond acceptors (Lipinski definition) is 4. The zero-order chi connectivity index (χ0) is 13.1. The summed E-state index contributed by atoms with van der Waals surface area (Å²) in [6.45, 7) is 0. The summed E-state index contributed by atoms with van der Waals surface area (Å²) >= 11 is 0. The van der Waals surface area contributed by atoms with Gasteiger partial charge in [0.15, 0.2) is 0 Å². The Kier molecular flexibility index (Phi) is 3.45. The lowest BCUT2D eigenvalue weighted by atomic mass is 10.1. The Hall–Kier alpha value is -2.11. The van der Waals surface area contributed by atoms with Crippen LogP contribution in [0.5, 0.6) is 0 Å². The van der Waals surface area contributed by atoms with Gasteiger partial charge in [-0.1, -0.05) is 0 Å². The summed E-state index contributed by atoms with van der Waals surface area (Å²) in [7, 11) is 0. The Morgan fingerprint density at radius 1 is 1.50 bits per heavy atom. The zero-order valence-electron chi connectivity index (χ0n) is 9.80. The fourth-order valence-corrected chi connectivity index (χ4v) is 1.74. The summed E-state index contributed by atoms with van der Waals surface area (Å²) in [5.74, 6) is -1.23. The first-order valence-electron chi connectivity index (χ1n) is 5.79. The molecule has 1 unspecified atom stereocenters. The normalized spacial score (nSPS) is 16.0. The van der Waals surface area contributed by atoms with E-state index in [0.29, 0.717) is 11.4 Å². The van der Waals surface area contributed by atoms with Gasteiger partial charge in [-0.3, -0.25) is 9.78 Å². The highest BCUT2D eigenvalue weighted by Crippen LogP contribution is 2.32. The standard InChI is InChI=1S/C12H15N3O3/c13-8-3-4-9(14-6-8)5-10(16)15-11(12(17)18)7-1-2-7/h3-4,6-7,11H,1-2,5,13H2,(H,15,16)(H,17,18). The van der Waals surface area contributed by atoms with E-state index in [4.69, 9.17) is 10.8 Å². The summed E-state index contributed by atoms with van der Waals surface area (Å²) in [4.78, 5) is 26.7. The number of nitrogens with zero attached hydrogens (tertiary/aromatic N) is 1. The maximum absolute atomic E-state index is 11.7. The van der Waals surface area contributed by atoms with E-state index in [2.05, 4.69) is 10.3 Å². The highest BCUT2D eigenvalue weighted by atomic mass is 16.4. The average Bonchev–Trinajstić information content (AvgIpc) is 3.13. The third-order valence-electron chi connectivity index (χ3n) is 2.87. The number of anilines is 1. The van der Waals surface area contributed by atoms with Crippen LogP contribution in [0.1, 0.15) is 18.5 Å². The predicted octanol–water partition coefficient (Wildman–Crippen LogP) is 0.186. The molecule has 1 fully saturated rings. The van der Waals surface area contributed by atoms with Gasteiger partial charge in [-0.05, 0) is 30.9 Å². The fraction of sp³-hybridized carbons (Fsp3) is 0.417. The molecule has 1 atom stereocenters. The van der Waals surface area contributed by atoms with Crippen molar-refractivity contribution in [1.82, 2.24) is 10.3 Å². The van der Waals surface area contributed by atoms with Gasteiger partial charge in [-0.15, -0.1) is 0 Å². The Labute approximate surface area is 104 Å². The van der Waals surface area contributed by atoms with Crippen LogP contribution < -0.4 is 11.1 Å². The smallest absolute Gasteiger partial charge is 0.326 e. The number of carboxylic acids is 1. The van der Waals surface area contributed by atoms with Crippen LogP contribution in [-0.2, 0) is 16.0 Å². The van der Waals surface area contributed by atoms with E-state index < -0.39 is 12.0 Å². The Balaban J connectivity index is 1.91. The molecule has 0 aromatic carbocycles. The molecule has 0 aliphatic heterocycles. The lowest BCUT2D eigenvalue weighted by molar-refractivity contribution is -0.142. The first-order chi connectivity index (χ1) is 8.56. The molecule has 1 aromatic heterocycles. The van der Waals surface area contributed by atoms with Crippen molar-refractivity contribution >= 4 is 17.6 Å². The number of nitrogen functional groups attached to an aromatic ring is 1. The Bertz CT molecular complexity index is 454. The van der Waals surface area contributed by atoms with Crippen LogP contribution >= 0.6 is 0 Å². The van der Waals surface area contributed by atoms with Crippen LogP contribution in [0.4, 0.5) is 5.69 Å². The van der Waals surface area contributed by atoms with Crippen LogP contribution in [0.2, 0.25) is 0 Å². The number of carbonyl (C=O) groups is 2. The van der Waals surface area contributed by atoms with E-state index >= 15 is 0 Å². The van der Waals surface area contributed by atoms with Crippen LogP contribution in [0.15, 0.2) is 18.3 Å². The molecule has 1 aliphatic carbocycles. The van der Waals surface area contributed by atoms with Crippen molar-refractivity contribution in [2.45, 2.75) is 25.3 Å². The number of amides is 1. The first kappa shape index (κ1) is 12.3. The molecule has 6 nitrogen and oxygen atoms in total. The molecule has 2 rings (SSSR count). The maximum atomic E-state index is 11.7. The van der Waals surface area contributed by atoms with Gasteiger partial charge in [0.2, 0.25) is 5.91 Å². The van der Waals surface area contributed by atoms with Crippen molar-refractivity contribution in [1.29, 1.82) is 0 Å². The SMILES string of the molecule is Nc1ccc(CC(=O)NC(C(=O)O)C2CC2)nc1. The van der Waals surface area contributed by atoms with Crippen molar-refractivity contribution in [2.24, 2.45) is 5.92 Å². The number of aromatic nitrogens is 1. The molecule has 0 saturated heterocycles. The van der Waals surface area contributed by atoms with Gasteiger partial charge in [0.05, 0.1) is 18.3 Å². The number of rotatable bonds is 5. The molecule has 1 heterocycles. The minimum atomic E-state index is -0.976. The quantitative estimate of drug-likeness (QED) is 0.690. The second-order valence-electron chi connectivity index (χ2n) is 4.48. The topological polar surface area (TPSA) is 105 Å². The van der Waals surface area contributed by atoms with E-state index in [1.165, 1.54) is 6.20 Å². The average molecular weight is 249 g/mol. The second-order valence-corrected chi connectivity index (χ2v) is 4.48. The van der Waals surface area contributed by atoms with Gasteiger partial charge < -0.3 is 16.2 Å². The minimum Gasteiger partial charge on any atom is -0.480 e. The van der Waals surface area contributed by atoms with Gasteiger partial charge in [0.1, 0.15) is 6.04 Å². The third-order valence-corrected chi connectivity index (χ3v) is 2.87. The highest BCUT2D eigenvalue weighted by molar-refractivity contribution is 5.85. The molecular weight excluding hydrogens is 234 g/mol. The van der Waals surface area contributed by atoms with Crippen LogP contribution in [0.3, 0.4) is 0 Å². The summed E-state index contributed by atoms with van der Waals surface area (Å²) in [5, 5.41) is 11.5. The molecule has 0 spiro atoms. The van der Waals surface area contributed by atoms with Gasteiger partial charge >= 0.3 is 5.97 Å². The largest absolute Gasteiger partial charge is 0.480 e. The van der Waals surface area contributed by atoms with Crippen molar-refractivity contribution in [3.63, 3.8) is 0 Å². The third kappa shape index (κ3) is 3.19. The van der Waals surface area contributed by atoms with Crippen molar-refractivity contribution in [3.8, 4) is 0 Å². The summed E-state index contributed by atoms with van der Waals surface area (Å²) in [6.07, 6.45) is 3.25. The monoisotopic (exact) mass is 249 g/mol. The summed E-state index contributed by atoms with van der Waals surface area (Å²) < 4.78 is 0. The van der Waals surface area contributed by atoms with E-state index in [-0.39, 0.29) is 18.2 Å². The lowest BCUT2D eigenvalue weighted by Gasteiger charge is -2.13. The maximum Gasteiger partial charge on any atom is 0.326 e. The first-order valence-corrected chi connectivity index (χ1v) is 5.79. The van der Waals surface area contributed by atoms with E-state index in [1.807, 2.05) is 0 Å². The van der Waals surface area contributed by atoms with Gasteiger partial charge in [0, 0.05) is 5.69 Å². The summed E-state index contributed by atoms with van der Waals surface area (Å²) in [5.41, 5.74) is 6.58. The van der Waals surface area contributed by atoms with E-state index in [1.54, 1.807) is 12.1 Å².